The summed E-state index contributed by atoms with van der Waals surface area (Å²) in [4.78, 5) is 0.202. The van der Waals surface area contributed by atoms with Crippen LogP contribution >= 0.6 is 0 Å². The van der Waals surface area contributed by atoms with Gasteiger partial charge < -0.3 is 18.6 Å². The lowest BCUT2D eigenvalue weighted by atomic mass is 10.1. The Morgan fingerprint density at radius 2 is 1.30 bits per heavy atom. The van der Waals surface area contributed by atoms with Crippen LogP contribution in [0.3, 0.4) is 0 Å². The third-order valence-corrected chi connectivity index (χ3v) is 16.1. The summed E-state index contributed by atoms with van der Waals surface area (Å²) >= 11 is 0. The second-order valence-corrected chi connectivity index (χ2v) is 19.9. The van der Waals surface area contributed by atoms with E-state index in [1.807, 2.05) is 56.3 Å². The fourth-order valence-electron chi connectivity index (χ4n) is 7.34. The largest absolute Gasteiger partial charge is 0.405 e. The fourth-order valence-corrected chi connectivity index (χ4v) is 13.5. The standard InChI is InChI=1S/C38H41NO6SSi/c1-37(2,3)47(29-20-11-7-12-21-29,30-22-13-8-14-23-30)42-26-33-35-36(45-38(4,5)44-35)34(43-33)32-25-27-17-15-16-24-31(27)39(32)46(40,41)28-18-9-6-10-19-28/h6-25,33-36H,26H2,1-5H3/t33-,34-,35-,36+/m1/s1. The first-order valence-corrected chi connectivity index (χ1v) is 19.4. The molecule has 2 aliphatic heterocycles. The first-order valence-electron chi connectivity index (χ1n) is 16.1. The number of hydrogen-bond donors (Lipinski definition) is 0. The van der Waals surface area contributed by atoms with Gasteiger partial charge in [-0.2, -0.15) is 0 Å². The number of para-hydroxylation sites is 1. The minimum Gasteiger partial charge on any atom is -0.405 e. The molecule has 0 N–H and O–H groups in total. The van der Waals surface area contributed by atoms with Gasteiger partial charge >= 0.3 is 0 Å². The van der Waals surface area contributed by atoms with Crippen LogP contribution in [0.1, 0.15) is 46.4 Å². The van der Waals surface area contributed by atoms with Crippen LogP contribution in [0, 0.1) is 0 Å². The molecule has 47 heavy (non-hydrogen) atoms. The second-order valence-electron chi connectivity index (χ2n) is 13.8. The van der Waals surface area contributed by atoms with Gasteiger partial charge in [0.2, 0.25) is 0 Å². The van der Waals surface area contributed by atoms with Crippen molar-refractivity contribution in [3.63, 3.8) is 0 Å². The third-order valence-electron chi connectivity index (χ3n) is 9.30. The van der Waals surface area contributed by atoms with Crippen LogP contribution in [0.15, 0.2) is 126 Å². The van der Waals surface area contributed by atoms with Crippen LogP contribution < -0.4 is 10.4 Å². The number of benzene rings is 4. The molecule has 2 aliphatic rings. The highest BCUT2D eigenvalue weighted by atomic mass is 32.2. The van der Waals surface area contributed by atoms with Crippen LogP contribution in [-0.4, -0.2) is 51.4 Å². The van der Waals surface area contributed by atoms with Gasteiger partial charge in [0.1, 0.15) is 24.4 Å². The Kier molecular flexibility index (Phi) is 8.06. The van der Waals surface area contributed by atoms with Crippen molar-refractivity contribution >= 4 is 39.6 Å². The summed E-state index contributed by atoms with van der Waals surface area (Å²) in [5, 5.41) is 2.91. The van der Waals surface area contributed by atoms with Gasteiger partial charge in [0, 0.05) is 5.39 Å². The van der Waals surface area contributed by atoms with Crippen LogP contribution in [0.2, 0.25) is 5.04 Å². The van der Waals surface area contributed by atoms with Crippen molar-refractivity contribution in [2.75, 3.05) is 6.61 Å². The maximum Gasteiger partial charge on any atom is 0.268 e. The highest BCUT2D eigenvalue weighted by Gasteiger charge is 2.58. The molecule has 7 rings (SSSR count). The predicted molar refractivity (Wildman–Crippen MR) is 186 cm³/mol. The van der Waals surface area contributed by atoms with E-state index >= 15 is 0 Å². The molecule has 0 bridgehead atoms. The summed E-state index contributed by atoms with van der Waals surface area (Å²) < 4.78 is 57.1. The van der Waals surface area contributed by atoms with Crippen molar-refractivity contribution in [1.82, 2.24) is 3.97 Å². The lowest BCUT2D eigenvalue weighted by Crippen LogP contribution is -2.67. The van der Waals surface area contributed by atoms with Gasteiger partial charge in [0.15, 0.2) is 5.79 Å². The molecule has 9 heteroatoms. The first kappa shape index (κ1) is 32.0. The number of nitrogens with zero attached hydrogens (tertiary/aromatic N) is 1. The Morgan fingerprint density at radius 1 is 0.766 bits per heavy atom. The molecule has 2 fully saturated rings. The summed E-state index contributed by atoms with van der Waals surface area (Å²) in [6.07, 6.45) is -2.26. The van der Waals surface area contributed by atoms with Crippen molar-refractivity contribution in [3.8, 4) is 0 Å². The second kappa shape index (κ2) is 11.8. The lowest BCUT2D eigenvalue weighted by molar-refractivity contribution is -0.190. The van der Waals surface area contributed by atoms with Crippen LogP contribution in [-0.2, 0) is 28.7 Å². The van der Waals surface area contributed by atoms with Crippen molar-refractivity contribution in [2.24, 2.45) is 0 Å². The van der Waals surface area contributed by atoms with Crippen LogP contribution in [0.4, 0.5) is 0 Å². The zero-order valence-corrected chi connectivity index (χ0v) is 29.2. The van der Waals surface area contributed by atoms with E-state index in [0.717, 1.165) is 5.39 Å². The Morgan fingerprint density at radius 3 is 1.89 bits per heavy atom. The molecule has 5 aromatic rings. The van der Waals surface area contributed by atoms with Gasteiger partial charge in [0.25, 0.3) is 18.3 Å². The normalized spacial score (nSPS) is 22.8. The van der Waals surface area contributed by atoms with Crippen LogP contribution in [0.5, 0.6) is 0 Å². The molecule has 0 aliphatic carbocycles. The van der Waals surface area contributed by atoms with Gasteiger partial charge in [0.05, 0.1) is 22.7 Å². The minimum atomic E-state index is -3.98. The number of hydrogen-bond acceptors (Lipinski definition) is 6. The molecule has 0 unspecified atom stereocenters. The Bertz CT molecular complexity index is 1930. The van der Waals surface area contributed by atoms with E-state index in [4.69, 9.17) is 18.6 Å². The smallest absolute Gasteiger partial charge is 0.268 e. The Hall–Kier alpha value is -3.57. The van der Waals surface area contributed by atoms with E-state index in [-0.39, 0.29) is 16.5 Å². The molecular weight excluding hydrogens is 627 g/mol. The Balaban J connectivity index is 1.31. The number of aromatic nitrogens is 1. The average Bonchev–Trinajstić information content (AvgIpc) is 3.71. The highest BCUT2D eigenvalue weighted by Crippen LogP contribution is 2.47. The summed E-state index contributed by atoms with van der Waals surface area (Å²) in [5.74, 6) is -0.887. The molecule has 7 nitrogen and oxygen atoms in total. The molecule has 4 atom stereocenters. The summed E-state index contributed by atoms with van der Waals surface area (Å²) in [7, 11) is -6.86. The third kappa shape index (κ3) is 5.49. The summed E-state index contributed by atoms with van der Waals surface area (Å²) in [6, 6.07) is 38.9. The summed E-state index contributed by atoms with van der Waals surface area (Å²) in [6.45, 7) is 10.7. The topological polar surface area (TPSA) is 76.0 Å². The minimum absolute atomic E-state index is 0.202. The van der Waals surface area contributed by atoms with Crippen molar-refractivity contribution in [1.29, 1.82) is 0 Å². The molecule has 244 valence electrons. The van der Waals surface area contributed by atoms with Gasteiger partial charge in [-0.15, -0.1) is 0 Å². The molecule has 3 heterocycles. The molecule has 0 saturated carbocycles. The molecule has 0 amide bonds. The summed E-state index contributed by atoms with van der Waals surface area (Å²) in [5.41, 5.74) is 1.08. The molecule has 2 saturated heterocycles. The number of rotatable bonds is 8. The van der Waals surface area contributed by atoms with Gasteiger partial charge in [-0.05, 0) is 53.5 Å². The van der Waals surface area contributed by atoms with E-state index in [2.05, 4.69) is 69.3 Å². The van der Waals surface area contributed by atoms with E-state index in [9.17, 15) is 8.42 Å². The van der Waals surface area contributed by atoms with E-state index in [1.54, 1.807) is 30.3 Å². The molecule has 0 spiro atoms. The molecular formula is C38H41NO6SSi. The van der Waals surface area contributed by atoms with E-state index in [1.165, 1.54) is 14.3 Å². The van der Waals surface area contributed by atoms with Gasteiger partial charge in [-0.3, -0.25) is 0 Å². The average molecular weight is 668 g/mol. The Labute approximate surface area is 278 Å². The van der Waals surface area contributed by atoms with Gasteiger partial charge in [-0.1, -0.05) is 118 Å². The zero-order valence-electron chi connectivity index (χ0n) is 27.4. The molecule has 4 aromatic carbocycles. The molecule has 0 radical (unpaired) electrons. The maximum absolute atomic E-state index is 14.3. The van der Waals surface area contributed by atoms with Crippen molar-refractivity contribution < 1.29 is 27.1 Å². The SMILES string of the molecule is CC1(C)O[C@@H]2[C@H](O1)[C@@H](CO[Si](c1ccccc1)(c1ccccc1)C(C)(C)C)O[C@@H]2c1cc2ccccc2n1S(=O)(=O)c1ccccc1. The van der Waals surface area contributed by atoms with Crippen molar-refractivity contribution in [3.05, 3.63) is 127 Å². The monoisotopic (exact) mass is 667 g/mol. The van der Waals surface area contributed by atoms with Crippen molar-refractivity contribution in [2.45, 2.75) is 74.8 Å². The maximum atomic E-state index is 14.3. The quantitative estimate of drug-likeness (QED) is 0.178. The predicted octanol–water partition coefficient (Wildman–Crippen LogP) is 6.41. The number of fused-ring (bicyclic) bond motifs is 2. The van der Waals surface area contributed by atoms with Gasteiger partial charge in [-0.25, -0.2) is 12.4 Å². The van der Waals surface area contributed by atoms with E-state index < -0.39 is 48.5 Å². The fraction of sp³-hybridized carbons (Fsp3) is 0.316. The zero-order chi connectivity index (χ0) is 33.0. The van der Waals surface area contributed by atoms with E-state index in [0.29, 0.717) is 11.2 Å². The first-order chi connectivity index (χ1) is 22.4. The molecule has 1 aromatic heterocycles. The number of ether oxygens (including phenoxy) is 3. The lowest BCUT2D eigenvalue weighted by Gasteiger charge is -2.43. The van der Waals surface area contributed by atoms with Crippen LogP contribution in [0.25, 0.3) is 10.9 Å². The highest BCUT2D eigenvalue weighted by molar-refractivity contribution is 7.90.